The average Bonchev–Trinajstić information content (AvgIpc) is 3.50. The number of hydrogen-bond acceptors (Lipinski definition) is 4. The van der Waals surface area contributed by atoms with Crippen LogP contribution in [-0.4, -0.2) is 28.9 Å². The first-order chi connectivity index (χ1) is 20.7. The summed E-state index contributed by atoms with van der Waals surface area (Å²) in [5.74, 6) is 1.91. The molecule has 1 aromatic heterocycles. The van der Waals surface area contributed by atoms with Crippen molar-refractivity contribution in [2.24, 2.45) is 0 Å². The van der Waals surface area contributed by atoms with Crippen LogP contribution in [0.15, 0.2) is 132 Å². The molecule has 0 spiro atoms. The quantitative estimate of drug-likeness (QED) is 0.140. The van der Waals surface area contributed by atoms with Crippen molar-refractivity contribution >= 4 is 5.91 Å². The Balaban J connectivity index is 1.31. The molecule has 5 rings (SSSR count). The summed E-state index contributed by atoms with van der Waals surface area (Å²) in [6.07, 6.45) is 0.778. The molecule has 0 aliphatic rings. The molecule has 4 aromatic carbocycles. The maximum Gasteiger partial charge on any atom is 0.289 e. The lowest BCUT2D eigenvalue weighted by Gasteiger charge is -2.23. The van der Waals surface area contributed by atoms with Gasteiger partial charge in [-0.1, -0.05) is 103 Å². The number of ether oxygens (including phenoxy) is 1. The van der Waals surface area contributed by atoms with E-state index in [1.54, 1.807) is 0 Å². The van der Waals surface area contributed by atoms with Gasteiger partial charge in [0.05, 0.1) is 13.2 Å². The van der Waals surface area contributed by atoms with Crippen LogP contribution < -0.4 is 4.74 Å². The highest BCUT2D eigenvalue weighted by atomic mass is 16.5. The molecule has 0 fully saturated rings. The van der Waals surface area contributed by atoms with Gasteiger partial charge in [0, 0.05) is 26.2 Å². The second-order valence-corrected chi connectivity index (χ2v) is 10.4. The smallest absolute Gasteiger partial charge is 0.289 e. The van der Waals surface area contributed by atoms with Crippen LogP contribution in [-0.2, 0) is 32.6 Å². The lowest BCUT2D eigenvalue weighted by Crippen LogP contribution is -2.32. The zero-order valence-corrected chi connectivity index (χ0v) is 24.2. The number of furan rings is 1. The van der Waals surface area contributed by atoms with Crippen LogP contribution in [0.5, 0.6) is 5.75 Å². The van der Waals surface area contributed by atoms with E-state index in [2.05, 4.69) is 65.6 Å². The van der Waals surface area contributed by atoms with Crippen molar-refractivity contribution in [3.8, 4) is 5.75 Å². The first kappa shape index (κ1) is 28.9. The molecule has 0 aliphatic heterocycles. The van der Waals surface area contributed by atoms with Crippen molar-refractivity contribution in [1.29, 1.82) is 0 Å². The van der Waals surface area contributed by atoms with E-state index in [4.69, 9.17) is 9.15 Å². The van der Waals surface area contributed by atoms with Crippen molar-refractivity contribution in [3.63, 3.8) is 0 Å². The molecule has 0 aliphatic carbocycles. The molecule has 214 valence electrons. The average molecular weight is 559 g/mol. The molecule has 0 atom stereocenters. The number of nitrogens with zero attached hydrogens (tertiary/aromatic N) is 2. The normalized spacial score (nSPS) is 11.0. The summed E-state index contributed by atoms with van der Waals surface area (Å²) in [7, 11) is 0. The highest BCUT2D eigenvalue weighted by Crippen LogP contribution is 2.20. The molecule has 42 heavy (non-hydrogen) atoms. The van der Waals surface area contributed by atoms with E-state index in [-0.39, 0.29) is 5.91 Å². The van der Waals surface area contributed by atoms with Gasteiger partial charge in [-0.15, -0.1) is 0 Å². The Labute approximate surface area is 249 Å². The van der Waals surface area contributed by atoms with Crippen LogP contribution in [0.2, 0.25) is 0 Å². The SMILES string of the molecule is CCOc1ccc(CN(Cc2ccccc2)Cc2ccc(C(=O)N(CCc3ccccc3)Cc3ccccc3)o2)cc1. The van der Waals surface area contributed by atoms with E-state index >= 15 is 0 Å². The molecular formula is C37H38N2O3. The summed E-state index contributed by atoms with van der Waals surface area (Å²) in [6, 6.07) is 42.8. The van der Waals surface area contributed by atoms with Gasteiger partial charge in [0.2, 0.25) is 0 Å². The molecule has 0 bridgehead atoms. The number of amides is 1. The van der Waals surface area contributed by atoms with Crippen LogP contribution in [0, 0.1) is 0 Å². The van der Waals surface area contributed by atoms with Crippen LogP contribution in [0.25, 0.3) is 0 Å². The van der Waals surface area contributed by atoms with Crippen molar-refractivity contribution in [2.45, 2.75) is 39.5 Å². The molecule has 0 radical (unpaired) electrons. The maximum atomic E-state index is 13.7. The zero-order valence-electron chi connectivity index (χ0n) is 24.2. The van der Waals surface area contributed by atoms with Gasteiger partial charge in [-0.25, -0.2) is 0 Å². The molecule has 5 aromatic rings. The van der Waals surface area contributed by atoms with Crippen LogP contribution in [0.4, 0.5) is 0 Å². The molecule has 1 amide bonds. The Hall–Kier alpha value is -4.61. The second-order valence-electron chi connectivity index (χ2n) is 10.4. The Morgan fingerprint density at radius 2 is 1.17 bits per heavy atom. The van der Waals surface area contributed by atoms with E-state index in [0.29, 0.717) is 32.0 Å². The molecule has 0 unspecified atom stereocenters. The van der Waals surface area contributed by atoms with E-state index < -0.39 is 0 Å². The number of carbonyl (C=O) groups excluding carboxylic acids is 1. The first-order valence-electron chi connectivity index (χ1n) is 14.6. The minimum absolute atomic E-state index is 0.0952. The Kier molecular flexibility index (Phi) is 10.2. The Bertz CT molecular complexity index is 1500. The summed E-state index contributed by atoms with van der Waals surface area (Å²) >= 11 is 0. The van der Waals surface area contributed by atoms with Crippen molar-refractivity contribution < 1.29 is 13.9 Å². The molecule has 0 saturated carbocycles. The fourth-order valence-electron chi connectivity index (χ4n) is 5.04. The summed E-state index contributed by atoms with van der Waals surface area (Å²) in [5, 5.41) is 0. The first-order valence-corrected chi connectivity index (χ1v) is 14.6. The van der Waals surface area contributed by atoms with Crippen molar-refractivity contribution in [3.05, 3.63) is 161 Å². The predicted octanol–water partition coefficient (Wildman–Crippen LogP) is 7.77. The topological polar surface area (TPSA) is 45.9 Å². The van der Waals surface area contributed by atoms with Gasteiger partial charge in [0.1, 0.15) is 11.5 Å². The predicted molar refractivity (Wildman–Crippen MR) is 167 cm³/mol. The summed E-state index contributed by atoms with van der Waals surface area (Å²) in [6.45, 7) is 5.85. The van der Waals surface area contributed by atoms with Crippen LogP contribution in [0.3, 0.4) is 0 Å². The lowest BCUT2D eigenvalue weighted by molar-refractivity contribution is 0.0708. The van der Waals surface area contributed by atoms with Crippen LogP contribution in [0.1, 0.15) is 45.5 Å². The maximum absolute atomic E-state index is 13.7. The minimum Gasteiger partial charge on any atom is -0.494 e. The fourth-order valence-corrected chi connectivity index (χ4v) is 5.04. The van der Waals surface area contributed by atoms with Gasteiger partial charge in [-0.2, -0.15) is 0 Å². The summed E-state index contributed by atoms with van der Waals surface area (Å²) in [4.78, 5) is 18.0. The van der Waals surface area contributed by atoms with E-state index in [0.717, 1.165) is 36.6 Å². The fraction of sp³-hybridized carbons (Fsp3) is 0.216. The molecule has 0 N–H and O–H groups in total. The third-order valence-electron chi connectivity index (χ3n) is 7.16. The highest BCUT2D eigenvalue weighted by molar-refractivity contribution is 5.91. The minimum atomic E-state index is -0.0952. The number of rotatable bonds is 14. The highest BCUT2D eigenvalue weighted by Gasteiger charge is 2.21. The zero-order chi connectivity index (χ0) is 29.0. The molecule has 5 nitrogen and oxygen atoms in total. The molecular weight excluding hydrogens is 520 g/mol. The third-order valence-corrected chi connectivity index (χ3v) is 7.16. The number of hydrogen-bond donors (Lipinski definition) is 0. The second kappa shape index (κ2) is 14.9. The van der Waals surface area contributed by atoms with Gasteiger partial charge < -0.3 is 14.1 Å². The standard InChI is InChI=1S/C37H38N2O3/c1-2-41-34-20-18-33(19-21-34)27-38(26-31-14-8-4-9-15-31)29-35-22-23-36(42-35)37(40)39(28-32-16-10-5-11-17-32)25-24-30-12-6-3-7-13-30/h3-23H,2,24-29H2,1H3. The Morgan fingerprint density at radius 1 is 0.619 bits per heavy atom. The van der Waals surface area contributed by atoms with Crippen molar-refractivity contribution in [1.82, 2.24) is 9.80 Å². The van der Waals surface area contributed by atoms with E-state index in [9.17, 15) is 4.79 Å². The van der Waals surface area contributed by atoms with Gasteiger partial charge in [0.25, 0.3) is 5.91 Å². The summed E-state index contributed by atoms with van der Waals surface area (Å²) < 4.78 is 11.8. The van der Waals surface area contributed by atoms with Gasteiger partial charge >= 0.3 is 0 Å². The molecule has 5 heteroatoms. The molecule has 1 heterocycles. The lowest BCUT2D eigenvalue weighted by atomic mass is 10.1. The summed E-state index contributed by atoms with van der Waals surface area (Å²) in [5.41, 5.74) is 4.71. The molecule has 0 saturated heterocycles. The Morgan fingerprint density at radius 3 is 1.76 bits per heavy atom. The van der Waals surface area contributed by atoms with E-state index in [1.807, 2.05) is 78.6 Å². The number of carbonyl (C=O) groups is 1. The van der Waals surface area contributed by atoms with E-state index in [1.165, 1.54) is 16.7 Å². The van der Waals surface area contributed by atoms with Crippen LogP contribution >= 0.6 is 0 Å². The number of benzene rings is 4. The van der Waals surface area contributed by atoms with Gasteiger partial charge in [-0.3, -0.25) is 9.69 Å². The van der Waals surface area contributed by atoms with Gasteiger partial charge in [-0.05, 0) is 59.9 Å². The third kappa shape index (κ3) is 8.45. The van der Waals surface area contributed by atoms with Gasteiger partial charge in [0.15, 0.2) is 5.76 Å². The van der Waals surface area contributed by atoms with Crippen molar-refractivity contribution in [2.75, 3.05) is 13.2 Å². The largest absolute Gasteiger partial charge is 0.494 e. The monoisotopic (exact) mass is 558 g/mol.